The standard InChI is InChI=1S/C19H23FN2O3/c1-19(2,13-23)22(14-24)10-3-11-25-16-4-5-17(18(20)12-16)15-6-8-21-9-7-15/h4-8,12-14,21H,3,9-11H2,1-2H3. The molecule has 1 aromatic rings. The molecule has 0 unspecified atom stereocenters. The van der Waals surface area contributed by atoms with Crippen LogP contribution in [0.3, 0.4) is 0 Å². The van der Waals surface area contributed by atoms with E-state index < -0.39 is 5.54 Å². The van der Waals surface area contributed by atoms with Crippen molar-refractivity contribution in [1.82, 2.24) is 10.2 Å². The van der Waals surface area contributed by atoms with Gasteiger partial charge in [-0.3, -0.25) is 4.79 Å². The Morgan fingerprint density at radius 2 is 2.16 bits per heavy atom. The van der Waals surface area contributed by atoms with E-state index in [0.29, 0.717) is 43.8 Å². The van der Waals surface area contributed by atoms with Crippen molar-refractivity contribution in [2.45, 2.75) is 25.8 Å². The summed E-state index contributed by atoms with van der Waals surface area (Å²) in [5.41, 5.74) is 0.525. The number of aldehydes is 1. The molecule has 0 saturated heterocycles. The first-order valence-electron chi connectivity index (χ1n) is 8.19. The number of hydrogen-bond acceptors (Lipinski definition) is 4. The molecule has 1 heterocycles. The molecule has 0 aromatic heterocycles. The molecule has 0 aliphatic carbocycles. The maximum atomic E-state index is 14.3. The first-order chi connectivity index (χ1) is 12.0. The van der Waals surface area contributed by atoms with E-state index in [-0.39, 0.29) is 5.82 Å². The highest BCUT2D eigenvalue weighted by atomic mass is 19.1. The second kappa shape index (κ2) is 8.46. The Labute approximate surface area is 147 Å². The minimum atomic E-state index is -0.842. The molecule has 0 saturated carbocycles. The number of carbonyl (C=O) groups excluding carboxylic acids is 2. The molecule has 0 atom stereocenters. The Hall–Kier alpha value is -2.63. The maximum absolute atomic E-state index is 14.3. The van der Waals surface area contributed by atoms with E-state index in [9.17, 15) is 14.0 Å². The van der Waals surface area contributed by atoms with Gasteiger partial charge >= 0.3 is 0 Å². The molecule has 134 valence electrons. The summed E-state index contributed by atoms with van der Waals surface area (Å²) in [5, 5.41) is 3.02. The smallest absolute Gasteiger partial charge is 0.210 e. The van der Waals surface area contributed by atoms with Crippen LogP contribution >= 0.6 is 0 Å². The molecule has 0 radical (unpaired) electrons. The average molecular weight is 346 g/mol. The SMILES string of the molecule is CC(C)(C=O)N(C=O)CCCOc1ccc(C2=CCNC=C2)c(F)c1. The third-order valence-corrected chi connectivity index (χ3v) is 4.04. The van der Waals surface area contributed by atoms with Gasteiger partial charge in [-0.2, -0.15) is 0 Å². The van der Waals surface area contributed by atoms with Crippen LogP contribution in [0.25, 0.3) is 5.57 Å². The van der Waals surface area contributed by atoms with Crippen LogP contribution in [-0.4, -0.2) is 42.8 Å². The van der Waals surface area contributed by atoms with Crippen LogP contribution in [-0.2, 0) is 9.59 Å². The number of nitrogens with zero attached hydrogens (tertiary/aromatic N) is 1. The first-order valence-corrected chi connectivity index (χ1v) is 8.19. The molecule has 0 bridgehead atoms. The normalized spacial score (nSPS) is 13.6. The van der Waals surface area contributed by atoms with Gasteiger partial charge < -0.3 is 19.7 Å². The second-order valence-electron chi connectivity index (χ2n) is 6.32. The molecule has 1 aromatic carbocycles. The Morgan fingerprint density at radius 3 is 2.76 bits per heavy atom. The van der Waals surface area contributed by atoms with Crippen LogP contribution in [0.2, 0.25) is 0 Å². The molecule has 6 heteroatoms. The van der Waals surface area contributed by atoms with Gasteiger partial charge in [0.15, 0.2) is 0 Å². The summed E-state index contributed by atoms with van der Waals surface area (Å²) < 4.78 is 19.8. The van der Waals surface area contributed by atoms with Gasteiger partial charge in [0.05, 0.1) is 12.1 Å². The van der Waals surface area contributed by atoms with Gasteiger partial charge in [0, 0.05) is 24.7 Å². The summed E-state index contributed by atoms with van der Waals surface area (Å²) >= 11 is 0. The van der Waals surface area contributed by atoms with Crippen LogP contribution in [0.5, 0.6) is 5.75 Å². The van der Waals surface area contributed by atoms with Gasteiger partial charge in [-0.25, -0.2) is 4.39 Å². The molecule has 1 aliphatic heterocycles. The van der Waals surface area contributed by atoms with Gasteiger partial charge in [-0.05, 0) is 50.3 Å². The van der Waals surface area contributed by atoms with E-state index in [1.54, 1.807) is 32.2 Å². The summed E-state index contributed by atoms with van der Waals surface area (Å²) in [6.45, 7) is 4.74. The fourth-order valence-corrected chi connectivity index (χ4v) is 2.44. The summed E-state index contributed by atoms with van der Waals surface area (Å²) in [5.74, 6) is 0.0963. The molecule has 1 amide bonds. The van der Waals surface area contributed by atoms with E-state index in [1.165, 1.54) is 11.0 Å². The van der Waals surface area contributed by atoms with Gasteiger partial charge in [0.25, 0.3) is 0 Å². The number of nitrogens with one attached hydrogen (secondary N) is 1. The van der Waals surface area contributed by atoms with E-state index in [2.05, 4.69) is 5.32 Å². The lowest BCUT2D eigenvalue weighted by atomic mass is 10.0. The van der Waals surface area contributed by atoms with Crippen molar-refractivity contribution in [3.8, 4) is 5.75 Å². The zero-order valence-corrected chi connectivity index (χ0v) is 14.5. The van der Waals surface area contributed by atoms with Crippen LogP contribution in [0.15, 0.2) is 36.6 Å². The summed E-state index contributed by atoms with van der Waals surface area (Å²) in [6, 6.07) is 4.78. The van der Waals surface area contributed by atoms with Gasteiger partial charge in [0.1, 0.15) is 17.9 Å². The molecule has 0 spiro atoms. The number of rotatable bonds is 9. The number of amides is 1. The highest BCUT2D eigenvalue weighted by Crippen LogP contribution is 2.24. The van der Waals surface area contributed by atoms with Crippen molar-refractivity contribution in [2.75, 3.05) is 19.7 Å². The van der Waals surface area contributed by atoms with Crippen LogP contribution < -0.4 is 10.1 Å². The maximum Gasteiger partial charge on any atom is 0.210 e. The number of ether oxygens (including phenoxy) is 1. The number of carbonyl (C=O) groups is 2. The predicted octanol–water partition coefficient (Wildman–Crippen LogP) is 2.53. The first kappa shape index (κ1) is 18.7. The van der Waals surface area contributed by atoms with E-state index in [1.807, 2.05) is 12.2 Å². The van der Waals surface area contributed by atoms with Crippen molar-refractivity contribution in [1.29, 1.82) is 0 Å². The van der Waals surface area contributed by atoms with Crippen LogP contribution in [0, 0.1) is 5.82 Å². The lowest BCUT2D eigenvalue weighted by Crippen LogP contribution is -2.45. The lowest BCUT2D eigenvalue weighted by molar-refractivity contribution is -0.130. The minimum Gasteiger partial charge on any atom is -0.493 e. The predicted molar refractivity (Wildman–Crippen MR) is 94.5 cm³/mol. The van der Waals surface area contributed by atoms with Crippen molar-refractivity contribution < 1.29 is 18.7 Å². The molecular formula is C19H23FN2O3. The number of allylic oxidation sites excluding steroid dienone is 2. The largest absolute Gasteiger partial charge is 0.493 e. The molecular weight excluding hydrogens is 323 g/mol. The number of benzene rings is 1. The zero-order chi connectivity index (χ0) is 18.3. The number of halogens is 1. The topological polar surface area (TPSA) is 58.6 Å². The minimum absolute atomic E-state index is 0.324. The average Bonchev–Trinajstić information content (AvgIpc) is 2.62. The zero-order valence-electron chi connectivity index (χ0n) is 14.5. The fourth-order valence-electron chi connectivity index (χ4n) is 2.44. The van der Waals surface area contributed by atoms with Gasteiger partial charge in [-0.15, -0.1) is 0 Å². The van der Waals surface area contributed by atoms with Gasteiger partial charge in [0.2, 0.25) is 6.41 Å². The van der Waals surface area contributed by atoms with Crippen LogP contribution in [0.1, 0.15) is 25.8 Å². The number of dihydropyridines is 1. The summed E-state index contributed by atoms with van der Waals surface area (Å²) in [4.78, 5) is 23.5. The Kier molecular flexibility index (Phi) is 6.33. The summed E-state index contributed by atoms with van der Waals surface area (Å²) in [6.07, 6.45) is 7.47. The quantitative estimate of drug-likeness (QED) is 0.551. The van der Waals surface area contributed by atoms with Crippen molar-refractivity contribution in [3.63, 3.8) is 0 Å². The second-order valence-corrected chi connectivity index (χ2v) is 6.32. The highest BCUT2D eigenvalue weighted by Gasteiger charge is 2.24. The monoisotopic (exact) mass is 346 g/mol. The Morgan fingerprint density at radius 1 is 1.36 bits per heavy atom. The highest BCUT2D eigenvalue weighted by molar-refractivity contribution is 5.75. The Bertz CT molecular complexity index is 683. The number of hydrogen-bond donors (Lipinski definition) is 1. The third-order valence-electron chi connectivity index (χ3n) is 4.04. The molecule has 0 fully saturated rings. The molecule has 2 rings (SSSR count). The van der Waals surface area contributed by atoms with Gasteiger partial charge in [-0.1, -0.05) is 6.08 Å². The summed E-state index contributed by atoms with van der Waals surface area (Å²) in [7, 11) is 0. The molecule has 1 N–H and O–H groups in total. The van der Waals surface area contributed by atoms with E-state index >= 15 is 0 Å². The van der Waals surface area contributed by atoms with Crippen molar-refractivity contribution in [2.24, 2.45) is 0 Å². The third kappa shape index (κ3) is 4.92. The van der Waals surface area contributed by atoms with Crippen molar-refractivity contribution >= 4 is 18.3 Å². The van der Waals surface area contributed by atoms with Crippen LogP contribution in [0.4, 0.5) is 4.39 Å². The van der Waals surface area contributed by atoms with E-state index in [0.717, 1.165) is 11.9 Å². The molecule has 25 heavy (non-hydrogen) atoms. The van der Waals surface area contributed by atoms with Crippen molar-refractivity contribution in [3.05, 3.63) is 47.9 Å². The molecule has 5 nitrogen and oxygen atoms in total. The Balaban J connectivity index is 1.88. The fraction of sp³-hybridized carbons (Fsp3) is 0.368. The lowest BCUT2D eigenvalue weighted by Gasteiger charge is -2.30. The van der Waals surface area contributed by atoms with E-state index in [4.69, 9.17) is 4.74 Å². The molecule has 1 aliphatic rings.